The molecule has 0 aliphatic rings. The Bertz CT molecular complexity index is 831. The van der Waals surface area contributed by atoms with Crippen molar-refractivity contribution in [2.24, 2.45) is 0 Å². The van der Waals surface area contributed by atoms with Gasteiger partial charge in [-0.3, -0.25) is 5.09 Å². The molecule has 0 aliphatic heterocycles. The molecule has 0 bridgehead atoms. The van der Waals surface area contributed by atoms with Gasteiger partial charge in [-0.25, -0.2) is 0 Å². The number of rotatable bonds is 7. The Morgan fingerprint density at radius 2 is 0.926 bits per heavy atom. The van der Waals surface area contributed by atoms with Gasteiger partial charge in [-0.05, 0) is 23.6 Å². The minimum Gasteiger partial charge on any atom is -0.305 e. The molecule has 3 heteroatoms. The highest BCUT2D eigenvalue weighted by molar-refractivity contribution is 7.62. The van der Waals surface area contributed by atoms with Crippen LogP contribution in [0.2, 0.25) is 0 Å². The smallest absolute Gasteiger partial charge is 0.162 e. The van der Waals surface area contributed by atoms with Gasteiger partial charge in [-0.1, -0.05) is 105 Å². The molecule has 2 nitrogen and oxygen atoms in total. The van der Waals surface area contributed by atoms with Crippen LogP contribution in [0.4, 0.5) is 0 Å². The van der Waals surface area contributed by atoms with Crippen molar-refractivity contribution in [2.75, 3.05) is 0 Å². The zero-order valence-corrected chi connectivity index (χ0v) is 17.1. The molecule has 0 radical (unpaired) electrons. The lowest BCUT2D eigenvalue weighted by molar-refractivity contribution is 0.535. The first-order valence-corrected chi connectivity index (χ1v) is 11.4. The summed E-state index contributed by atoms with van der Waals surface area (Å²) in [5.41, 5.74) is 3.20. The Balaban J connectivity index is 1.99. The molecule has 0 saturated heterocycles. The van der Waals surface area contributed by atoms with E-state index in [1.165, 1.54) is 0 Å². The van der Waals surface area contributed by atoms with Crippen LogP contribution in [0.15, 0.2) is 91.0 Å². The van der Waals surface area contributed by atoms with Gasteiger partial charge in [0.2, 0.25) is 0 Å². The molecular weight excluding hydrogens is 349 g/mol. The average molecular weight is 377 g/mol. The first-order chi connectivity index (χ1) is 13.0. The third kappa shape index (κ3) is 4.40. The second-order valence-corrected chi connectivity index (χ2v) is 10.4. The van der Waals surface area contributed by atoms with Crippen molar-refractivity contribution in [1.29, 1.82) is 0 Å². The predicted molar refractivity (Wildman–Crippen MR) is 115 cm³/mol. The molecule has 0 aromatic heterocycles. The quantitative estimate of drug-likeness (QED) is 0.443. The molecule has 3 atom stereocenters. The summed E-state index contributed by atoms with van der Waals surface area (Å²) in [4.78, 5) is 0. The molecule has 0 saturated carbocycles. The van der Waals surface area contributed by atoms with E-state index in [2.05, 4.69) is 62.3 Å². The summed E-state index contributed by atoms with van der Waals surface area (Å²) in [6.07, 6.45) is 0. The lowest BCUT2D eigenvalue weighted by Crippen LogP contribution is -2.22. The molecule has 0 fully saturated rings. The van der Waals surface area contributed by atoms with Crippen molar-refractivity contribution in [1.82, 2.24) is 5.09 Å². The summed E-state index contributed by atoms with van der Waals surface area (Å²) in [5.74, 6) is 0. The zero-order valence-electron chi connectivity index (χ0n) is 16.2. The summed E-state index contributed by atoms with van der Waals surface area (Å²) in [5, 5.41) is 3.56. The van der Waals surface area contributed by atoms with Gasteiger partial charge in [0.15, 0.2) is 7.29 Å². The average Bonchev–Trinajstić information content (AvgIpc) is 2.74. The fraction of sp³-hybridized carbons (Fsp3) is 0.250. The van der Waals surface area contributed by atoms with E-state index >= 15 is 0 Å². The van der Waals surface area contributed by atoms with Gasteiger partial charge < -0.3 is 4.57 Å². The molecule has 3 aromatic rings. The molecule has 1 N–H and O–H groups in total. The topological polar surface area (TPSA) is 29.1 Å². The molecule has 0 heterocycles. The lowest BCUT2D eigenvalue weighted by atomic mass is 10.1. The molecule has 0 spiro atoms. The lowest BCUT2D eigenvalue weighted by Gasteiger charge is -2.34. The van der Waals surface area contributed by atoms with E-state index in [4.69, 9.17) is 0 Å². The summed E-state index contributed by atoms with van der Waals surface area (Å²) < 4.78 is 14.5. The van der Waals surface area contributed by atoms with Gasteiger partial charge in [-0.15, -0.1) is 0 Å². The first kappa shape index (κ1) is 19.6. The van der Waals surface area contributed by atoms with Gasteiger partial charge in [0.1, 0.15) is 0 Å². The van der Waals surface area contributed by atoms with Crippen LogP contribution in [0.5, 0.6) is 0 Å². The Labute approximate surface area is 163 Å². The minimum atomic E-state index is -2.82. The normalized spacial score (nSPS) is 15.1. The van der Waals surface area contributed by atoms with Gasteiger partial charge in [0.05, 0.1) is 0 Å². The Hall–Kier alpha value is -2.15. The van der Waals surface area contributed by atoms with Crippen LogP contribution >= 0.6 is 7.29 Å². The monoisotopic (exact) mass is 377 g/mol. The summed E-state index contributed by atoms with van der Waals surface area (Å²) in [6, 6.07) is 30.6. The van der Waals surface area contributed by atoms with E-state index in [1.807, 2.05) is 54.6 Å². The van der Waals surface area contributed by atoms with Crippen molar-refractivity contribution in [3.05, 3.63) is 108 Å². The van der Waals surface area contributed by atoms with Crippen molar-refractivity contribution in [3.8, 4) is 0 Å². The SMILES string of the molecule is C[C@@H](NP(=O)([C@@H](C)c1ccccc1)[C@@H](C)c1ccccc1)c1ccccc1. The van der Waals surface area contributed by atoms with Crippen LogP contribution < -0.4 is 5.09 Å². The largest absolute Gasteiger partial charge is 0.305 e. The molecule has 0 amide bonds. The van der Waals surface area contributed by atoms with E-state index < -0.39 is 7.29 Å². The molecule has 140 valence electrons. The highest BCUT2D eigenvalue weighted by Crippen LogP contribution is 2.66. The van der Waals surface area contributed by atoms with Crippen molar-refractivity contribution in [3.63, 3.8) is 0 Å². The highest BCUT2D eigenvalue weighted by atomic mass is 31.2. The Morgan fingerprint density at radius 3 is 1.30 bits per heavy atom. The standard InChI is InChI=1S/C24H28NOP/c1-19(22-13-7-4-8-14-22)25-27(26,20(2)23-15-9-5-10-16-23)21(3)24-17-11-6-12-18-24/h4-21H,1-3H3,(H,25,26)/t19-,20+,21+/m1/s1. The predicted octanol–water partition coefficient (Wildman–Crippen LogP) is 7.14. The second kappa shape index (κ2) is 8.69. The van der Waals surface area contributed by atoms with Crippen LogP contribution in [0, 0.1) is 0 Å². The van der Waals surface area contributed by atoms with Crippen molar-refractivity contribution in [2.45, 2.75) is 38.1 Å². The third-order valence-electron chi connectivity index (χ3n) is 5.41. The highest BCUT2D eigenvalue weighted by Gasteiger charge is 2.38. The van der Waals surface area contributed by atoms with Gasteiger partial charge in [0.25, 0.3) is 0 Å². The van der Waals surface area contributed by atoms with Crippen LogP contribution in [0.1, 0.15) is 54.8 Å². The third-order valence-corrected chi connectivity index (χ3v) is 9.10. The molecule has 3 rings (SSSR count). The van der Waals surface area contributed by atoms with E-state index in [0.29, 0.717) is 0 Å². The summed E-state index contributed by atoms with van der Waals surface area (Å²) in [6.45, 7) is 6.26. The Morgan fingerprint density at radius 1 is 0.593 bits per heavy atom. The Kier molecular flexibility index (Phi) is 6.31. The van der Waals surface area contributed by atoms with Crippen LogP contribution in [-0.2, 0) is 4.57 Å². The van der Waals surface area contributed by atoms with Crippen molar-refractivity contribution >= 4 is 7.29 Å². The number of nitrogens with one attached hydrogen (secondary N) is 1. The molecule has 0 aliphatic carbocycles. The second-order valence-electron chi connectivity index (χ2n) is 7.14. The van der Waals surface area contributed by atoms with Gasteiger partial charge in [0, 0.05) is 17.4 Å². The van der Waals surface area contributed by atoms with E-state index in [1.54, 1.807) is 0 Å². The van der Waals surface area contributed by atoms with E-state index in [0.717, 1.165) is 16.7 Å². The maximum Gasteiger partial charge on any atom is 0.162 e. The van der Waals surface area contributed by atoms with Crippen molar-refractivity contribution < 1.29 is 4.57 Å². The summed E-state index contributed by atoms with van der Waals surface area (Å²) >= 11 is 0. The van der Waals surface area contributed by atoms with Crippen LogP contribution in [0.3, 0.4) is 0 Å². The maximum absolute atomic E-state index is 14.5. The summed E-state index contributed by atoms with van der Waals surface area (Å²) in [7, 11) is -2.82. The molecule has 0 unspecified atom stereocenters. The minimum absolute atomic E-state index is 0.00866. The molecule has 27 heavy (non-hydrogen) atoms. The molecule has 3 aromatic carbocycles. The van der Waals surface area contributed by atoms with E-state index in [-0.39, 0.29) is 17.4 Å². The van der Waals surface area contributed by atoms with E-state index in [9.17, 15) is 4.57 Å². The first-order valence-electron chi connectivity index (χ1n) is 9.54. The number of benzene rings is 3. The fourth-order valence-electron chi connectivity index (χ4n) is 3.58. The zero-order chi connectivity index (χ0) is 19.3. The van der Waals surface area contributed by atoms with Crippen LogP contribution in [0.25, 0.3) is 0 Å². The fourth-order valence-corrected chi connectivity index (χ4v) is 6.69. The van der Waals surface area contributed by atoms with Crippen LogP contribution in [-0.4, -0.2) is 0 Å². The number of hydrogen-bond donors (Lipinski definition) is 1. The van der Waals surface area contributed by atoms with Gasteiger partial charge in [-0.2, -0.15) is 0 Å². The number of hydrogen-bond acceptors (Lipinski definition) is 1. The van der Waals surface area contributed by atoms with Gasteiger partial charge >= 0.3 is 0 Å². The molecular formula is C24H28NOP. The maximum atomic E-state index is 14.5.